The fraction of sp³-hybridized carbons (Fsp3) is 0.308. The molecule has 11 nitrogen and oxygen atoms in total. The molecule has 1 aliphatic carbocycles. The number of fused-ring (bicyclic) bond motifs is 2. The van der Waals surface area contributed by atoms with Gasteiger partial charge in [0.15, 0.2) is 11.5 Å². The van der Waals surface area contributed by atoms with Gasteiger partial charge in [-0.25, -0.2) is 23.7 Å². The lowest BCUT2D eigenvalue weighted by Crippen LogP contribution is -2.45. The van der Waals surface area contributed by atoms with Gasteiger partial charge in [0.2, 0.25) is 0 Å². The van der Waals surface area contributed by atoms with Crippen LogP contribution in [0.25, 0.3) is 38.9 Å². The van der Waals surface area contributed by atoms with Crippen molar-refractivity contribution in [3.05, 3.63) is 123 Å². The minimum absolute atomic E-state index is 0.0355. The number of aromatic nitrogens is 5. The lowest BCUT2D eigenvalue weighted by atomic mass is 9.91. The molecule has 0 spiro atoms. The molecule has 1 aliphatic heterocycles. The van der Waals surface area contributed by atoms with E-state index in [-0.39, 0.29) is 28.8 Å². The molecule has 1 saturated heterocycles. The van der Waals surface area contributed by atoms with Crippen LogP contribution in [-0.4, -0.2) is 67.1 Å². The van der Waals surface area contributed by atoms with E-state index in [1.54, 1.807) is 6.07 Å². The summed E-state index contributed by atoms with van der Waals surface area (Å²) in [6.45, 7) is 5.04. The van der Waals surface area contributed by atoms with Crippen LogP contribution in [0.1, 0.15) is 54.3 Å². The largest absolute Gasteiger partial charge is 0.347 e. The molecule has 12 heteroatoms. The zero-order valence-corrected chi connectivity index (χ0v) is 28.1. The molecule has 8 rings (SSSR count). The number of halogens is 1. The average molecular weight is 687 g/mol. The molecule has 2 aliphatic rings. The molecule has 0 bridgehead atoms. The van der Waals surface area contributed by atoms with Gasteiger partial charge in [-0.2, -0.15) is 0 Å². The Morgan fingerprint density at radius 1 is 0.902 bits per heavy atom. The molecule has 3 N–H and O–H groups in total. The normalized spacial score (nSPS) is 18.5. The topological polar surface area (TPSA) is 130 Å². The smallest absolute Gasteiger partial charge is 0.337 e. The van der Waals surface area contributed by atoms with Crippen molar-refractivity contribution in [1.29, 1.82) is 0 Å². The molecule has 4 heterocycles. The second kappa shape index (κ2) is 14.0. The first kappa shape index (κ1) is 32.7. The SMILES string of the molecule is O=C(NC1CCC(n2c(=O)c3cc(F)cnc3n(-c3cccc(-c4ccc(CN5CCCNCC5)cc4)c3)c2=O)CC1)c1nc2ccccc2[nH]1. The predicted octanol–water partition coefficient (Wildman–Crippen LogP) is 4.94. The van der Waals surface area contributed by atoms with Gasteiger partial charge in [0.1, 0.15) is 5.82 Å². The van der Waals surface area contributed by atoms with Crippen molar-refractivity contribution in [2.24, 2.45) is 0 Å². The second-order valence-corrected chi connectivity index (χ2v) is 13.5. The lowest BCUT2D eigenvalue weighted by molar-refractivity contribution is 0.0912. The highest BCUT2D eigenvalue weighted by molar-refractivity contribution is 5.94. The van der Waals surface area contributed by atoms with E-state index in [4.69, 9.17) is 0 Å². The van der Waals surface area contributed by atoms with Crippen molar-refractivity contribution < 1.29 is 9.18 Å². The highest BCUT2D eigenvalue weighted by Gasteiger charge is 2.29. The van der Waals surface area contributed by atoms with Crippen LogP contribution in [0.5, 0.6) is 0 Å². The number of H-pyrrole nitrogens is 1. The molecule has 3 aromatic heterocycles. The fourth-order valence-electron chi connectivity index (χ4n) is 7.47. The molecule has 1 saturated carbocycles. The molecule has 3 aromatic carbocycles. The number of nitrogens with one attached hydrogen (secondary N) is 3. The Kier molecular flexibility index (Phi) is 9.01. The summed E-state index contributed by atoms with van der Waals surface area (Å²) in [6.07, 6.45) is 4.24. The van der Waals surface area contributed by atoms with E-state index in [9.17, 15) is 18.8 Å². The first-order valence-electron chi connectivity index (χ1n) is 17.6. The Hall–Kier alpha value is -5.46. The van der Waals surface area contributed by atoms with E-state index in [2.05, 4.69) is 54.8 Å². The van der Waals surface area contributed by atoms with E-state index >= 15 is 0 Å². The summed E-state index contributed by atoms with van der Waals surface area (Å²) in [5, 5.41) is 6.53. The van der Waals surface area contributed by atoms with Crippen LogP contribution in [0.15, 0.2) is 94.6 Å². The third-order valence-corrected chi connectivity index (χ3v) is 10.1. The van der Waals surface area contributed by atoms with Gasteiger partial charge in [0, 0.05) is 31.7 Å². The van der Waals surface area contributed by atoms with Crippen molar-refractivity contribution >= 4 is 28.0 Å². The zero-order chi connectivity index (χ0) is 34.9. The molecule has 1 amide bonds. The van der Waals surface area contributed by atoms with E-state index < -0.39 is 23.1 Å². The number of imidazole rings is 1. The van der Waals surface area contributed by atoms with Crippen LogP contribution in [0.4, 0.5) is 4.39 Å². The maximum Gasteiger partial charge on any atom is 0.337 e. The molecule has 0 atom stereocenters. The molecular formula is C39H39FN8O3. The first-order chi connectivity index (χ1) is 24.9. The third-order valence-electron chi connectivity index (χ3n) is 10.1. The van der Waals surface area contributed by atoms with E-state index in [0.717, 1.165) is 68.1 Å². The van der Waals surface area contributed by atoms with Gasteiger partial charge >= 0.3 is 5.69 Å². The molecule has 2 fully saturated rings. The van der Waals surface area contributed by atoms with E-state index in [0.29, 0.717) is 36.9 Å². The maximum absolute atomic E-state index is 14.5. The molecule has 0 radical (unpaired) electrons. The Morgan fingerprint density at radius 3 is 2.55 bits per heavy atom. The fourth-order valence-corrected chi connectivity index (χ4v) is 7.47. The van der Waals surface area contributed by atoms with Crippen LogP contribution in [0.2, 0.25) is 0 Å². The highest BCUT2D eigenvalue weighted by atomic mass is 19.1. The summed E-state index contributed by atoms with van der Waals surface area (Å²) in [5.41, 5.74) is 4.16. The van der Waals surface area contributed by atoms with Crippen molar-refractivity contribution in [3.8, 4) is 16.8 Å². The summed E-state index contributed by atoms with van der Waals surface area (Å²) in [6, 6.07) is 24.0. The van der Waals surface area contributed by atoms with Crippen LogP contribution in [0, 0.1) is 5.82 Å². The maximum atomic E-state index is 14.5. The molecule has 51 heavy (non-hydrogen) atoms. The quantitative estimate of drug-likeness (QED) is 0.217. The monoisotopic (exact) mass is 686 g/mol. The summed E-state index contributed by atoms with van der Waals surface area (Å²) < 4.78 is 17.2. The Bertz CT molecular complexity index is 2300. The number of hydrogen-bond donors (Lipinski definition) is 3. The van der Waals surface area contributed by atoms with Crippen LogP contribution < -0.4 is 21.9 Å². The van der Waals surface area contributed by atoms with Gasteiger partial charge in [-0.3, -0.25) is 19.1 Å². The average Bonchev–Trinajstić information content (AvgIpc) is 3.43. The molecule has 6 aromatic rings. The van der Waals surface area contributed by atoms with Gasteiger partial charge in [0.25, 0.3) is 11.5 Å². The number of carbonyl (C=O) groups excluding carboxylic acids is 1. The number of amides is 1. The Labute approximate surface area is 293 Å². The van der Waals surface area contributed by atoms with Gasteiger partial charge in [-0.15, -0.1) is 0 Å². The summed E-state index contributed by atoms with van der Waals surface area (Å²) >= 11 is 0. The van der Waals surface area contributed by atoms with Gasteiger partial charge < -0.3 is 15.6 Å². The van der Waals surface area contributed by atoms with E-state index in [1.165, 1.54) is 14.7 Å². The van der Waals surface area contributed by atoms with Crippen molar-refractivity contribution in [2.45, 2.75) is 50.7 Å². The van der Waals surface area contributed by atoms with Crippen LogP contribution >= 0.6 is 0 Å². The number of carbonyl (C=O) groups is 1. The van der Waals surface area contributed by atoms with Crippen molar-refractivity contribution in [2.75, 3.05) is 26.2 Å². The van der Waals surface area contributed by atoms with Gasteiger partial charge in [-0.1, -0.05) is 48.5 Å². The number of nitrogens with zero attached hydrogens (tertiary/aromatic N) is 5. The number of pyridine rings is 1. The lowest BCUT2D eigenvalue weighted by Gasteiger charge is -2.30. The van der Waals surface area contributed by atoms with Gasteiger partial charge in [0.05, 0.1) is 28.3 Å². The van der Waals surface area contributed by atoms with Crippen LogP contribution in [0.3, 0.4) is 0 Å². The molecule has 0 unspecified atom stereocenters. The summed E-state index contributed by atoms with van der Waals surface area (Å²) in [7, 11) is 0. The highest BCUT2D eigenvalue weighted by Crippen LogP contribution is 2.29. The number of para-hydroxylation sites is 2. The Morgan fingerprint density at radius 2 is 1.73 bits per heavy atom. The molecule has 260 valence electrons. The predicted molar refractivity (Wildman–Crippen MR) is 195 cm³/mol. The second-order valence-electron chi connectivity index (χ2n) is 13.5. The van der Waals surface area contributed by atoms with Crippen LogP contribution in [-0.2, 0) is 6.54 Å². The number of hydrogen-bond acceptors (Lipinski definition) is 7. The number of aromatic amines is 1. The Balaban J connectivity index is 1.05. The van der Waals surface area contributed by atoms with Gasteiger partial charge in [-0.05, 0) is 92.2 Å². The summed E-state index contributed by atoms with van der Waals surface area (Å²) in [4.78, 5) is 55.3. The van der Waals surface area contributed by atoms with Crippen molar-refractivity contribution in [3.63, 3.8) is 0 Å². The minimum Gasteiger partial charge on any atom is -0.347 e. The number of benzene rings is 3. The third kappa shape index (κ3) is 6.72. The standard InChI is InChI=1S/C39H39FN8O3/c40-28-22-32-36(42-23-28)47(31-6-3-5-27(21-31)26-11-9-25(10-12-26)24-46-19-4-17-41-18-20-46)39(51)48(38(32)50)30-15-13-29(14-16-30)43-37(49)35-44-33-7-1-2-8-34(33)45-35/h1-3,5-12,21-23,29-30,41H,4,13-20,24H2,(H,43,49)(H,44,45). The van der Waals surface area contributed by atoms with Crippen molar-refractivity contribution in [1.82, 2.24) is 39.6 Å². The zero-order valence-electron chi connectivity index (χ0n) is 28.1. The minimum atomic E-state index is -0.654. The summed E-state index contributed by atoms with van der Waals surface area (Å²) in [5.74, 6) is -0.713. The number of rotatable bonds is 7. The first-order valence-corrected chi connectivity index (χ1v) is 17.6. The molecular weight excluding hydrogens is 647 g/mol. The van der Waals surface area contributed by atoms with E-state index in [1.807, 2.05) is 42.5 Å².